The number of hydrogen-bond acceptors (Lipinski definition) is 0. The van der Waals surface area contributed by atoms with Crippen LogP contribution >= 0.6 is 20.1 Å². The molecule has 166 valence electrons. The number of rotatable bonds is 8. The van der Waals surface area contributed by atoms with E-state index in [2.05, 4.69) is 73.6 Å². The molecule has 4 bridgehead atoms. The zero-order valence-corrected chi connectivity index (χ0v) is 21.2. The summed E-state index contributed by atoms with van der Waals surface area (Å²) in [5, 5.41) is 0. The average molecular weight is 443 g/mol. The molecule has 0 heterocycles. The maximum absolute atomic E-state index is 2.55. The summed E-state index contributed by atoms with van der Waals surface area (Å²) < 4.78 is 0. The molecule has 0 N–H and O–H groups in total. The topological polar surface area (TPSA) is 0 Å². The van der Waals surface area contributed by atoms with E-state index in [9.17, 15) is 0 Å². The van der Waals surface area contributed by atoms with Crippen LogP contribution < -0.4 is 0 Å². The minimum atomic E-state index is -0.680. The van der Waals surface area contributed by atoms with E-state index >= 15 is 0 Å². The number of benzene rings is 1. The molecule has 1 aromatic rings. The number of fused-ring (bicyclic) bond motifs is 4. The van der Waals surface area contributed by atoms with Crippen LogP contribution in [0.2, 0.25) is 0 Å². The summed E-state index contributed by atoms with van der Waals surface area (Å²) in [6, 6.07) is 10.0. The highest BCUT2D eigenvalue weighted by Crippen LogP contribution is 2.56. The van der Waals surface area contributed by atoms with Gasteiger partial charge in [-0.05, 0) is 145 Å². The molecule has 0 aromatic heterocycles. The molecule has 2 saturated carbocycles. The fraction of sp³-hybridized carbons (Fsp3) is 0.643. The third kappa shape index (κ3) is 4.20. The zero-order chi connectivity index (χ0) is 20.9. The standard InChI is InChI=1S/C28H42S2/c1-29(2,15-13-25-19-21-5-7-23(25)17-21)27-9-11-28(12-10-27)30(3,4)16-14-26-20-22-6-8-24(26)18-22/h5-12,21-26H,13-20H2,1-4H3. The fourth-order valence-corrected chi connectivity index (χ4v) is 10.8. The van der Waals surface area contributed by atoms with Gasteiger partial charge in [0.25, 0.3) is 0 Å². The monoisotopic (exact) mass is 442 g/mol. The van der Waals surface area contributed by atoms with E-state index in [4.69, 9.17) is 0 Å². The summed E-state index contributed by atoms with van der Waals surface area (Å²) in [5.41, 5.74) is 0. The smallest absolute Gasteiger partial charge is 0.0103 e. The second kappa shape index (κ2) is 8.07. The van der Waals surface area contributed by atoms with Crippen LogP contribution in [0.1, 0.15) is 38.5 Å². The predicted molar refractivity (Wildman–Crippen MR) is 139 cm³/mol. The molecule has 2 heteroatoms. The van der Waals surface area contributed by atoms with Gasteiger partial charge in [0.2, 0.25) is 0 Å². The Morgan fingerprint density at radius 2 is 1.00 bits per heavy atom. The molecule has 0 radical (unpaired) electrons. The molecule has 0 saturated heterocycles. The van der Waals surface area contributed by atoms with Crippen LogP contribution in [0.5, 0.6) is 0 Å². The highest BCUT2D eigenvalue weighted by atomic mass is 32.3. The van der Waals surface area contributed by atoms with Gasteiger partial charge < -0.3 is 0 Å². The van der Waals surface area contributed by atoms with Crippen molar-refractivity contribution in [2.45, 2.75) is 48.3 Å². The molecule has 0 aliphatic heterocycles. The van der Waals surface area contributed by atoms with Gasteiger partial charge in [0.1, 0.15) is 0 Å². The molecule has 6 atom stereocenters. The van der Waals surface area contributed by atoms with E-state index < -0.39 is 20.1 Å². The van der Waals surface area contributed by atoms with Crippen molar-refractivity contribution in [1.82, 2.24) is 0 Å². The van der Waals surface area contributed by atoms with Crippen LogP contribution in [0.25, 0.3) is 0 Å². The molecule has 1 aromatic carbocycles. The number of hydrogen-bond donors (Lipinski definition) is 0. The fourth-order valence-electron chi connectivity index (χ4n) is 6.76. The highest BCUT2D eigenvalue weighted by Gasteiger charge is 2.37. The van der Waals surface area contributed by atoms with Crippen LogP contribution in [0.4, 0.5) is 0 Å². The lowest BCUT2D eigenvalue weighted by atomic mass is 9.91. The van der Waals surface area contributed by atoms with Crippen LogP contribution in [0, 0.1) is 35.5 Å². The van der Waals surface area contributed by atoms with E-state index in [0.29, 0.717) is 0 Å². The Labute approximate surface area is 188 Å². The van der Waals surface area contributed by atoms with Gasteiger partial charge in [0.05, 0.1) is 0 Å². The van der Waals surface area contributed by atoms with Crippen LogP contribution in [-0.4, -0.2) is 36.5 Å². The minimum Gasteiger partial charge on any atom is -0.220 e. The van der Waals surface area contributed by atoms with Crippen molar-refractivity contribution in [3.8, 4) is 0 Å². The van der Waals surface area contributed by atoms with Crippen LogP contribution in [0.3, 0.4) is 0 Å². The minimum absolute atomic E-state index is 0.680. The molecule has 4 aliphatic carbocycles. The van der Waals surface area contributed by atoms with Crippen LogP contribution in [-0.2, 0) is 0 Å². The van der Waals surface area contributed by atoms with Gasteiger partial charge in [0, 0.05) is 0 Å². The summed E-state index contributed by atoms with van der Waals surface area (Å²) in [7, 11) is -1.36. The van der Waals surface area contributed by atoms with E-state index in [-0.39, 0.29) is 0 Å². The van der Waals surface area contributed by atoms with Gasteiger partial charge in [-0.15, -0.1) is 0 Å². The first-order chi connectivity index (χ1) is 14.3. The summed E-state index contributed by atoms with van der Waals surface area (Å²) in [4.78, 5) is 3.25. The van der Waals surface area contributed by atoms with Gasteiger partial charge >= 0.3 is 0 Å². The van der Waals surface area contributed by atoms with E-state index in [1.165, 1.54) is 50.0 Å². The van der Waals surface area contributed by atoms with E-state index in [1.807, 2.05) is 0 Å². The van der Waals surface area contributed by atoms with Crippen molar-refractivity contribution in [3.63, 3.8) is 0 Å². The molecule has 5 rings (SSSR count). The summed E-state index contributed by atoms with van der Waals surface area (Å²) >= 11 is 0. The van der Waals surface area contributed by atoms with Gasteiger partial charge in [-0.3, -0.25) is 0 Å². The van der Waals surface area contributed by atoms with Gasteiger partial charge in [-0.2, -0.15) is 0 Å². The third-order valence-electron chi connectivity index (χ3n) is 8.93. The average Bonchev–Trinajstić information content (AvgIpc) is 3.52. The molecule has 30 heavy (non-hydrogen) atoms. The summed E-state index contributed by atoms with van der Waals surface area (Å²) in [6.07, 6.45) is 28.9. The second-order valence-electron chi connectivity index (χ2n) is 11.6. The molecular weight excluding hydrogens is 400 g/mol. The third-order valence-corrected chi connectivity index (χ3v) is 14.5. The Bertz CT molecular complexity index is 747. The first kappa shape index (κ1) is 21.3. The molecule has 0 nitrogen and oxygen atoms in total. The van der Waals surface area contributed by atoms with E-state index in [1.54, 1.807) is 9.79 Å². The quantitative estimate of drug-likeness (QED) is 0.361. The maximum Gasteiger partial charge on any atom is -0.0103 e. The first-order valence-electron chi connectivity index (χ1n) is 12.2. The van der Waals surface area contributed by atoms with Crippen LogP contribution in [0.15, 0.2) is 58.4 Å². The van der Waals surface area contributed by atoms with Crippen molar-refractivity contribution >= 4 is 20.1 Å². The largest absolute Gasteiger partial charge is 0.220 e. The maximum atomic E-state index is 2.55. The van der Waals surface area contributed by atoms with Crippen molar-refractivity contribution in [3.05, 3.63) is 48.6 Å². The Morgan fingerprint density at radius 3 is 1.30 bits per heavy atom. The van der Waals surface area contributed by atoms with Gasteiger partial charge in [-0.1, -0.05) is 24.3 Å². The highest BCUT2D eigenvalue weighted by molar-refractivity contribution is 8.33. The first-order valence-corrected chi connectivity index (χ1v) is 17.4. The lowest BCUT2D eigenvalue weighted by Gasteiger charge is -2.36. The predicted octanol–water partition coefficient (Wildman–Crippen LogP) is 7.74. The molecule has 0 spiro atoms. The Morgan fingerprint density at radius 1 is 0.600 bits per heavy atom. The summed E-state index contributed by atoms with van der Waals surface area (Å²) in [5.74, 6) is 8.39. The molecule has 0 amide bonds. The van der Waals surface area contributed by atoms with Gasteiger partial charge in [0.15, 0.2) is 0 Å². The Hall–Kier alpha value is -0.600. The SMILES string of the molecule is CS(C)(CCC1CC2C=CC1C2)c1ccc(S(C)(C)CCC2CC3C=CC2C3)cc1. The Balaban J connectivity index is 1.17. The van der Waals surface area contributed by atoms with Crippen molar-refractivity contribution < 1.29 is 0 Å². The molecule has 2 fully saturated rings. The zero-order valence-electron chi connectivity index (χ0n) is 19.6. The molecule has 4 aliphatic rings. The van der Waals surface area contributed by atoms with E-state index in [0.717, 1.165) is 35.5 Å². The lowest BCUT2D eigenvalue weighted by Crippen LogP contribution is -2.13. The van der Waals surface area contributed by atoms with Crippen molar-refractivity contribution in [2.24, 2.45) is 35.5 Å². The van der Waals surface area contributed by atoms with Crippen molar-refractivity contribution in [2.75, 3.05) is 36.5 Å². The Kier molecular flexibility index (Phi) is 5.72. The molecular formula is C28H42S2. The molecule has 6 unspecified atom stereocenters. The van der Waals surface area contributed by atoms with Crippen molar-refractivity contribution in [1.29, 1.82) is 0 Å². The lowest BCUT2D eigenvalue weighted by molar-refractivity contribution is 0.437. The second-order valence-corrected chi connectivity index (χ2v) is 19.5. The number of allylic oxidation sites excluding steroid dienone is 4. The van der Waals surface area contributed by atoms with Gasteiger partial charge in [-0.25, -0.2) is 20.1 Å². The normalized spacial score (nSPS) is 35.5. The summed E-state index contributed by atoms with van der Waals surface area (Å²) in [6.45, 7) is 0.